The molecule has 0 radical (unpaired) electrons. The van der Waals surface area contributed by atoms with E-state index in [0.29, 0.717) is 5.92 Å². The second kappa shape index (κ2) is 6.86. The Balaban J connectivity index is 2.76. The highest BCUT2D eigenvalue weighted by Crippen LogP contribution is 2.32. The number of nitrogens with zero attached hydrogens (tertiary/aromatic N) is 1. The number of hydrogen-bond donors (Lipinski definition) is 2. The first-order valence-electron chi connectivity index (χ1n) is 5.68. The molecule has 3 N–H and O–H groups in total. The zero-order valence-electron chi connectivity index (χ0n) is 9.70. The molecule has 1 rings (SSSR count). The van der Waals surface area contributed by atoms with Gasteiger partial charge in [0.2, 0.25) is 0 Å². The van der Waals surface area contributed by atoms with E-state index >= 15 is 0 Å². The fourth-order valence-electron chi connectivity index (χ4n) is 2.22. The van der Waals surface area contributed by atoms with Crippen LogP contribution >= 0.6 is 15.9 Å². The molecule has 3 nitrogen and oxygen atoms in total. The molecule has 4 heteroatoms. The van der Waals surface area contributed by atoms with Crippen LogP contribution < -0.4 is 11.1 Å². The number of rotatable bonds is 6. The van der Waals surface area contributed by atoms with Gasteiger partial charge >= 0.3 is 0 Å². The SMILES string of the molecule is C=CC1C(C(CC)CCN)=CNC1/N=C/Br. The highest BCUT2D eigenvalue weighted by Gasteiger charge is 2.30. The lowest BCUT2D eigenvalue weighted by atomic mass is 9.85. The first-order chi connectivity index (χ1) is 7.78. The second-order valence-electron chi connectivity index (χ2n) is 3.95. The molecule has 0 aliphatic carbocycles. The Morgan fingerprint density at radius 1 is 1.75 bits per heavy atom. The summed E-state index contributed by atoms with van der Waals surface area (Å²) in [6.45, 7) is 6.83. The largest absolute Gasteiger partial charge is 0.369 e. The predicted octanol–water partition coefficient (Wildman–Crippen LogP) is 2.40. The Labute approximate surface area is 106 Å². The third-order valence-electron chi connectivity index (χ3n) is 3.10. The predicted molar refractivity (Wildman–Crippen MR) is 73.6 cm³/mol. The van der Waals surface area contributed by atoms with Crippen molar-refractivity contribution in [1.82, 2.24) is 5.32 Å². The van der Waals surface area contributed by atoms with E-state index in [9.17, 15) is 0 Å². The molecule has 3 unspecified atom stereocenters. The fourth-order valence-corrected chi connectivity index (χ4v) is 2.48. The van der Waals surface area contributed by atoms with Crippen LogP contribution in [0, 0.1) is 11.8 Å². The molecule has 3 atom stereocenters. The molecule has 0 saturated heterocycles. The summed E-state index contributed by atoms with van der Waals surface area (Å²) in [5.41, 5.74) is 7.02. The molecule has 90 valence electrons. The lowest BCUT2D eigenvalue weighted by molar-refractivity contribution is 0.478. The van der Waals surface area contributed by atoms with Crippen LogP contribution in [-0.2, 0) is 0 Å². The van der Waals surface area contributed by atoms with E-state index in [2.05, 4.69) is 45.9 Å². The van der Waals surface area contributed by atoms with Gasteiger partial charge in [0.05, 0.1) is 5.12 Å². The third kappa shape index (κ3) is 2.95. The lowest BCUT2D eigenvalue weighted by Gasteiger charge is -2.21. The smallest absolute Gasteiger partial charge is 0.129 e. The monoisotopic (exact) mass is 285 g/mol. The maximum Gasteiger partial charge on any atom is 0.129 e. The van der Waals surface area contributed by atoms with Gasteiger partial charge in [-0.2, -0.15) is 0 Å². The number of aliphatic imine (C=N–C) groups is 1. The van der Waals surface area contributed by atoms with Crippen molar-refractivity contribution in [3.63, 3.8) is 0 Å². The van der Waals surface area contributed by atoms with E-state index in [0.717, 1.165) is 19.4 Å². The van der Waals surface area contributed by atoms with Crippen molar-refractivity contribution < 1.29 is 0 Å². The minimum absolute atomic E-state index is 0.0821. The zero-order chi connectivity index (χ0) is 12.0. The molecule has 1 heterocycles. The number of hydrogen-bond acceptors (Lipinski definition) is 3. The second-order valence-corrected chi connectivity index (χ2v) is 4.36. The average Bonchev–Trinajstić information content (AvgIpc) is 2.69. The lowest BCUT2D eigenvalue weighted by Crippen LogP contribution is -2.25. The van der Waals surface area contributed by atoms with Gasteiger partial charge in [0.25, 0.3) is 0 Å². The van der Waals surface area contributed by atoms with Crippen molar-refractivity contribution in [2.24, 2.45) is 22.6 Å². The highest BCUT2D eigenvalue weighted by atomic mass is 79.9. The van der Waals surface area contributed by atoms with Crippen LogP contribution in [0.2, 0.25) is 0 Å². The van der Waals surface area contributed by atoms with Crippen molar-refractivity contribution in [2.45, 2.75) is 25.9 Å². The van der Waals surface area contributed by atoms with E-state index in [4.69, 9.17) is 5.73 Å². The summed E-state index contributed by atoms with van der Waals surface area (Å²) in [6, 6.07) is 0. The van der Waals surface area contributed by atoms with E-state index < -0.39 is 0 Å². The summed E-state index contributed by atoms with van der Waals surface area (Å²) in [7, 11) is 0. The first kappa shape index (κ1) is 13.5. The average molecular weight is 286 g/mol. The first-order valence-corrected chi connectivity index (χ1v) is 6.60. The molecule has 0 bridgehead atoms. The molecule has 0 spiro atoms. The quantitative estimate of drug-likeness (QED) is 0.582. The molecular formula is C12H20BrN3. The van der Waals surface area contributed by atoms with E-state index in [1.807, 2.05) is 6.08 Å². The molecule has 1 aliphatic heterocycles. The van der Waals surface area contributed by atoms with Gasteiger partial charge in [-0.3, -0.25) is 4.99 Å². The Hall–Kier alpha value is -0.610. The number of nitrogens with two attached hydrogens (primary N) is 1. The molecule has 0 amide bonds. The number of nitrogens with one attached hydrogen (secondary N) is 1. The van der Waals surface area contributed by atoms with Crippen molar-refractivity contribution >= 4 is 21.1 Å². The summed E-state index contributed by atoms with van der Waals surface area (Å²) in [5.74, 6) is 0.821. The summed E-state index contributed by atoms with van der Waals surface area (Å²) < 4.78 is 0. The van der Waals surface area contributed by atoms with Gasteiger partial charge in [-0.25, -0.2) is 0 Å². The minimum atomic E-state index is 0.0821. The van der Waals surface area contributed by atoms with Crippen LogP contribution in [0.1, 0.15) is 19.8 Å². The van der Waals surface area contributed by atoms with Crippen LogP contribution in [0.4, 0.5) is 0 Å². The topological polar surface area (TPSA) is 50.4 Å². The van der Waals surface area contributed by atoms with Gasteiger partial charge in [-0.05, 0) is 53.0 Å². The van der Waals surface area contributed by atoms with E-state index in [-0.39, 0.29) is 12.1 Å². The van der Waals surface area contributed by atoms with Crippen molar-refractivity contribution in [3.8, 4) is 0 Å². The summed E-state index contributed by atoms with van der Waals surface area (Å²) in [6.07, 6.45) is 6.27. The highest BCUT2D eigenvalue weighted by molar-refractivity contribution is 9.17. The van der Waals surface area contributed by atoms with Crippen LogP contribution in [0.3, 0.4) is 0 Å². The van der Waals surface area contributed by atoms with Gasteiger partial charge in [0, 0.05) is 5.92 Å². The van der Waals surface area contributed by atoms with Gasteiger partial charge in [0.1, 0.15) is 6.17 Å². The van der Waals surface area contributed by atoms with Crippen LogP contribution in [0.25, 0.3) is 0 Å². The standard InChI is InChI=1S/C12H20BrN3/c1-3-9(5-6-14)11-7-15-12(16-8-13)10(11)4-2/h4,7-10,12,15H,2-3,5-6,14H2,1H3/b16-8+. The van der Waals surface area contributed by atoms with Gasteiger partial charge in [0.15, 0.2) is 0 Å². The molecule has 0 saturated carbocycles. The van der Waals surface area contributed by atoms with Crippen LogP contribution in [0.5, 0.6) is 0 Å². The van der Waals surface area contributed by atoms with Gasteiger partial charge < -0.3 is 11.1 Å². The third-order valence-corrected chi connectivity index (χ3v) is 3.33. The molecule has 1 aliphatic rings. The molecular weight excluding hydrogens is 266 g/mol. The molecule has 0 aromatic heterocycles. The van der Waals surface area contributed by atoms with Crippen LogP contribution in [-0.4, -0.2) is 17.8 Å². The summed E-state index contributed by atoms with van der Waals surface area (Å²) in [5, 5.41) is 4.93. The summed E-state index contributed by atoms with van der Waals surface area (Å²) >= 11 is 3.21. The molecule has 16 heavy (non-hydrogen) atoms. The molecule has 0 aromatic carbocycles. The minimum Gasteiger partial charge on any atom is -0.369 e. The van der Waals surface area contributed by atoms with Crippen molar-refractivity contribution in [2.75, 3.05) is 6.54 Å². The normalized spacial score (nSPS) is 26.6. The van der Waals surface area contributed by atoms with Gasteiger partial charge in [-0.1, -0.05) is 13.0 Å². The maximum absolute atomic E-state index is 5.64. The van der Waals surface area contributed by atoms with Gasteiger partial charge in [-0.15, -0.1) is 6.58 Å². The Morgan fingerprint density at radius 3 is 3.00 bits per heavy atom. The van der Waals surface area contributed by atoms with Crippen molar-refractivity contribution in [3.05, 3.63) is 24.4 Å². The number of halogens is 1. The Kier molecular flexibility index (Phi) is 5.77. The van der Waals surface area contributed by atoms with Crippen LogP contribution in [0.15, 0.2) is 29.4 Å². The summed E-state index contributed by atoms with van der Waals surface area (Å²) in [4.78, 5) is 4.33. The Bertz CT molecular complexity index is 286. The zero-order valence-corrected chi connectivity index (χ0v) is 11.3. The molecule has 0 fully saturated rings. The van der Waals surface area contributed by atoms with Crippen molar-refractivity contribution in [1.29, 1.82) is 0 Å². The van der Waals surface area contributed by atoms with E-state index in [1.165, 1.54) is 5.57 Å². The van der Waals surface area contributed by atoms with E-state index in [1.54, 1.807) is 5.12 Å². The Morgan fingerprint density at radius 2 is 2.50 bits per heavy atom. The fraction of sp³-hybridized carbons (Fsp3) is 0.583. The maximum atomic E-state index is 5.64. The molecule has 0 aromatic rings.